The third-order valence-corrected chi connectivity index (χ3v) is 2.26. The van der Waals surface area contributed by atoms with E-state index in [-0.39, 0.29) is 5.84 Å². The summed E-state index contributed by atoms with van der Waals surface area (Å²) in [5, 5.41) is 7.47. The van der Waals surface area contributed by atoms with E-state index >= 15 is 0 Å². The number of nitrogens with two attached hydrogens (primary N) is 1. The van der Waals surface area contributed by atoms with Crippen molar-refractivity contribution in [3.05, 3.63) is 24.0 Å². The van der Waals surface area contributed by atoms with Crippen LogP contribution in [0.25, 0.3) is 0 Å². The molecule has 0 atom stereocenters. The fourth-order valence-corrected chi connectivity index (χ4v) is 1.58. The Morgan fingerprint density at radius 1 is 1.53 bits per heavy atom. The number of pyridine rings is 1. The number of nitrogens with one attached hydrogen (secondary N) is 1. The summed E-state index contributed by atoms with van der Waals surface area (Å²) in [6.07, 6.45) is 2.74. The summed E-state index contributed by atoms with van der Waals surface area (Å²) >= 11 is 0. The van der Waals surface area contributed by atoms with Gasteiger partial charge in [0.1, 0.15) is 11.5 Å². The van der Waals surface area contributed by atoms with Gasteiger partial charge in [-0.3, -0.25) is 10.4 Å². The lowest BCUT2D eigenvalue weighted by Gasteiger charge is -2.23. The number of aromatic nitrogens is 1. The van der Waals surface area contributed by atoms with Crippen molar-refractivity contribution >= 4 is 11.5 Å². The zero-order valence-corrected chi connectivity index (χ0v) is 9.33. The van der Waals surface area contributed by atoms with E-state index in [1.54, 1.807) is 6.20 Å². The van der Waals surface area contributed by atoms with Gasteiger partial charge in [0.2, 0.25) is 0 Å². The van der Waals surface area contributed by atoms with E-state index in [0.717, 1.165) is 25.2 Å². The van der Waals surface area contributed by atoms with E-state index in [9.17, 15) is 0 Å². The number of hydrogen-bond donors (Lipinski definition) is 2. The van der Waals surface area contributed by atoms with Crippen LogP contribution in [0.2, 0.25) is 0 Å². The quantitative estimate of drug-likeness (QED) is 0.568. The molecule has 15 heavy (non-hydrogen) atoms. The van der Waals surface area contributed by atoms with Crippen LogP contribution in [0.1, 0.15) is 26.0 Å². The first-order chi connectivity index (χ1) is 7.20. The first-order valence-corrected chi connectivity index (χ1v) is 5.25. The van der Waals surface area contributed by atoms with Gasteiger partial charge in [0.05, 0.1) is 5.69 Å². The Morgan fingerprint density at radius 3 is 2.80 bits per heavy atom. The predicted molar refractivity (Wildman–Crippen MR) is 63.4 cm³/mol. The molecule has 0 aromatic carbocycles. The van der Waals surface area contributed by atoms with E-state index in [2.05, 4.69) is 23.7 Å². The molecule has 0 fully saturated rings. The fourth-order valence-electron chi connectivity index (χ4n) is 1.58. The van der Waals surface area contributed by atoms with Gasteiger partial charge in [-0.25, -0.2) is 0 Å². The minimum Gasteiger partial charge on any atom is -0.382 e. The molecule has 1 aromatic heterocycles. The van der Waals surface area contributed by atoms with Gasteiger partial charge in [0, 0.05) is 19.3 Å². The molecule has 1 aromatic rings. The molecule has 0 aliphatic carbocycles. The molecule has 0 saturated carbocycles. The zero-order chi connectivity index (χ0) is 11.3. The third kappa shape index (κ3) is 2.68. The summed E-state index contributed by atoms with van der Waals surface area (Å²) < 4.78 is 0. The molecule has 4 nitrogen and oxygen atoms in total. The second-order valence-electron chi connectivity index (χ2n) is 3.36. The van der Waals surface area contributed by atoms with Crippen LogP contribution in [-0.2, 0) is 0 Å². The SMILES string of the molecule is CCCN(CC)c1cccnc1C(=N)N. The summed E-state index contributed by atoms with van der Waals surface area (Å²) in [6.45, 7) is 6.08. The van der Waals surface area contributed by atoms with Crippen molar-refractivity contribution in [1.82, 2.24) is 4.98 Å². The van der Waals surface area contributed by atoms with Crippen LogP contribution in [-0.4, -0.2) is 23.9 Å². The van der Waals surface area contributed by atoms with Crippen molar-refractivity contribution in [2.75, 3.05) is 18.0 Å². The molecule has 82 valence electrons. The molecular weight excluding hydrogens is 188 g/mol. The topological polar surface area (TPSA) is 66.0 Å². The van der Waals surface area contributed by atoms with Crippen molar-refractivity contribution in [2.24, 2.45) is 5.73 Å². The van der Waals surface area contributed by atoms with Crippen LogP contribution in [0.5, 0.6) is 0 Å². The molecular formula is C11H18N4. The molecule has 0 amide bonds. The second-order valence-corrected chi connectivity index (χ2v) is 3.36. The van der Waals surface area contributed by atoms with Crippen molar-refractivity contribution in [3.63, 3.8) is 0 Å². The Morgan fingerprint density at radius 2 is 2.27 bits per heavy atom. The van der Waals surface area contributed by atoms with Gasteiger partial charge >= 0.3 is 0 Å². The summed E-state index contributed by atoms with van der Waals surface area (Å²) in [6, 6.07) is 3.84. The van der Waals surface area contributed by atoms with Gasteiger partial charge in [0.25, 0.3) is 0 Å². The third-order valence-electron chi connectivity index (χ3n) is 2.26. The van der Waals surface area contributed by atoms with Gasteiger partial charge in [-0.15, -0.1) is 0 Å². The van der Waals surface area contributed by atoms with Crippen LogP contribution in [0.3, 0.4) is 0 Å². The van der Waals surface area contributed by atoms with Crippen molar-refractivity contribution in [3.8, 4) is 0 Å². The predicted octanol–water partition coefficient (Wildman–Crippen LogP) is 1.60. The van der Waals surface area contributed by atoms with Crippen LogP contribution in [0.4, 0.5) is 5.69 Å². The minimum atomic E-state index is 0.0279. The zero-order valence-electron chi connectivity index (χ0n) is 9.33. The van der Waals surface area contributed by atoms with E-state index in [4.69, 9.17) is 11.1 Å². The van der Waals surface area contributed by atoms with Crippen molar-refractivity contribution in [2.45, 2.75) is 20.3 Å². The Bertz CT molecular complexity index is 335. The highest BCUT2D eigenvalue weighted by Crippen LogP contribution is 2.17. The maximum Gasteiger partial charge on any atom is 0.143 e. The molecule has 0 unspecified atom stereocenters. The van der Waals surface area contributed by atoms with Gasteiger partial charge in [0.15, 0.2) is 0 Å². The fraction of sp³-hybridized carbons (Fsp3) is 0.455. The number of anilines is 1. The number of nitrogen functional groups attached to an aromatic ring is 1. The highest BCUT2D eigenvalue weighted by molar-refractivity contribution is 5.98. The Hall–Kier alpha value is -1.58. The smallest absolute Gasteiger partial charge is 0.143 e. The number of nitrogens with zero attached hydrogens (tertiary/aromatic N) is 2. The molecule has 4 heteroatoms. The Kier molecular flexibility index (Phi) is 4.09. The van der Waals surface area contributed by atoms with E-state index < -0.39 is 0 Å². The minimum absolute atomic E-state index is 0.0279. The van der Waals surface area contributed by atoms with E-state index in [1.807, 2.05) is 12.1 Å². The second kappa shape index (κ2) is 5.34. The number of amidine groups is 1. The highest BCUT2D eigenvalue weighted by Gasteiger charge is 2.11. The summed E-state index contributed by atoms with van der Waals surface area (Å²) in [4.78, 5) is 6.32. The van der Waals surface area contributed by atoms with Crippen LogP contribution in [0.15, 0.2) is 18.3 Å². The normalized spacial score (nSPS) is 10.0. The maximum atomic E-state index is 7.47. The Balaban J connectivity index is 3.04. The summed E-state index contributed by atoms with van der Waals surface area (Å²) in [5.74, 6) is 0.0279. The molecule has 0 saturated heterocycles. The first kappa shape index (κ1) is 11.5. The maximum absolute atomic E-state index is 7.47. The average Bonchev–Trinajstić information content (AvgIpc) is 2.26. The molecule has 3 N–H and O–H groups in total. The van der Waals surface area contributed by atoms with Crippen molar-refractivity contribution < 1.29 is 0 Å². The van der Waals surface area contributed by atoms with Crippen LogP contribution < -0.4 is 10.6 Å². The van der Waals surface area contributed by atoms with Gasteiger partial charge in [-0.2, -0.15) is 0 Å². The standard InChI is InChI=1S/C11H18N4/c1-3-8-15(4-2)9-6-5-7-14-10(9)11(12)13/h5-7H,3-4,8H2,1-2H3,(H3,12,13). The molecule has 0 aliphatic heterocycles. The lowest BCUT2D eigenvalue weighted by Crippen LogP contribution is -2.27. The monoisotopic (exact) mass is 206 g/mol. The number of hydrogen-bond acceptors (Lipinski definition) is 3. The lowest BCUT2D eigenvalue weighted by atomic mass is 10.2. The molecule has 0 radical (unpaired) electrons. The molecule has 1 heterocycles. The van der Waals surface area contributed by atoms with Crippen LogP contribution in [0, 0.1) is 5.41 Å². The van der Waals surface area contributed by atoms with Gasteiger partial charge < -0.3 is 10.6 Å². The summed E-state index contributed by atoms with van der Waals surface area (Å²) in [7, 11) is 0. The average molecular weight is 206 g/mol. The molecule has 0 bridgehead atoms. The lowest BCUT2D eigenvalue weighted by molar-refractivity contribution is 0.788. The molecule has 0 aliphatic rings. The first-order valence-electron chi connectivity index (χ1n) is 5.25. The van der Waals surface area contributed by atoms with Gasteiger partial charge in [-0.1, -0.05) is 6.92 Å². The van der Waals surface area contributed by atoms with Crippen LogP contribution >= 0.6 is 0 Å². The molecule has 0 spiro atoms. The Labute approximate surface area is 90.6 Å². The summed E-state index contributed by atoms with van der Waals surface area (Å²) in [5.41, 5.74) is 7.03. The van der Waals surface area contributed by atoms with Crippen molar-refractivity contribution in [1.29, 1.82) is 5.41 Å². The van der Waals surface area contributed by atoms with E-state index in [0.29, 0.717) is 5.69 Å². The largest absolute Gasteiger partial charge is 0.382 e. The van der Waals surface area contributed by atoms with Gasteiger partial charge in [-0.05, 0) is 25.5 Å². The molecule has 1 rings (SSSR count). The van der Waals surface area contributed by atoms with E-state index in [1.165, 1.54) is 0 Å². The highest BCUT2D eigenvalue weighted by atomic mass is 15.1. The number of rotatable bonds is 5.